The zero-order valence-electron chi connectivity index (χ0n) is 1.09. The second-order valence-electron chi connectivity index (χ2n) is 0. The number of hydrogen-bond donors (Lipinski definition) is 0. The van der Waals surface area contributed by atoms with Gasteiger partial charge in [0.25, 0.3) is 0 Å². The average Bonchev–Trinajstić information content (AvgIpc) is 0. The van der Waals surface area contributed by atoms with Crippen molar-refractivity contribution in [3.63, 3.8) is 0 Å². The fraction of sp³-hybridized carbons (Fsp3) is 1.00. The number of hydrogen-bond acceptors (Lipinski definition) is 0. The molecule has 0 aromatic rings. The summed E-state index contributed by atoms with van der Waals surface area (Å²) < 4.78 is 0. The van der Waals surface area contributed by atoms with E-state index in [2.05, 4.69) is 0 Å². The van der Waals surface area contributed by atoms with Crippen LogP contribution in [-0.4, -0.2) is 0 Å². The van der Waals surface area contributed by atoms with Gasteiger partial charge in [-0.1, -0.05) is 7.43 Å². The predicted molar refractivity (Wildman–Crippen MR) is 6.73 cm³/mol. The molecule has 0 rings (SSSR count). The molecule has 1 radical (unpaired) electrons. The van der Waals surface area contributed by atoms with Crippen LogP contribution in [0.3, 0.4) is 0 Å². The first kappa shape index (κ1) is 67.4. The number of rotatable bonds is 0. The third-order valence-electron chi connectivity index (χ3n) is 0. The van der Waals surface area contributed by atoms with E-state index in [1.54, 1.807) is 0 Å². The van der Waals surface area contributed by atoms with Crippen LogP contribution in [0.2, 0.25) is 0 Å². The molecule has 0 amide bonds. The SMILES string of the molecule is C.[F-].[F-].[Tb]. The van der Waals surface area contributed by atoms with Crippen molar-refractivity contribution in [3.8, 4) is 0 Å². The summed E-state index contributed by atoms with van der Waals surface area (Å²) in [6.07, 6.45) is 0. The van der Waals surface area contributed by atoms with Crippen molar-refractivity contribution in [2.75, 3.05) is 0 Å². The molecular formula is CH4F2Tb-2. The molecule has 0 saturated heterocycles. The van der Waals surface area contributed by atoms with E-state index < -0.39 is 0 Å². The molecule has 0 atom stereocenters. The fourth-order valence-corrected chi connectivity index (χ4v) is 0. The molecule has 0 saturated carbocycles. The van der Waals surface area contributed by atoms with Gasteiger partial charge in [0, 0.05) is 38.6 Å². The number of halogens is 2. The molecule has 0 aromatic heterocycles. The van der Waals surface area contributed by atoms with Gasteiger partial charge in [0.15, 0.2) is 0 Å². The van der Waals surface area contributed by atoms with Crippen LogP contribution in [-0.2, 0) is 0 Å². The summed E-state index contributed by atoms with van der Waals surface area (Å²) in [5, 5.41) is 0. The van der Waals surface area contributed by atoms with Crippen molar-refractivity contribution in [1.29, 1.82) is 0 Å². The average molecular weight is 213 g/mol. The third kappa shape index (κ3) is 11.0. The third-order valence-corrected chi connectivity index (χ3v) is 0. The Morgan fingerprint density at radius 2 is 0.750 bits per heavy atom. The second kappa shape index (κ2) is 31.3. The first-order chi connectivity index (χ1) is 0. The maximum Gasteiger partial charge on any atom is 0 e. The normalized spacial score (nSPS) is 0. The quantitative estimate of drug-likeness (QED) is 0.377. The van der Waals surface area contributed by atoms with Gasteiger partial charge in [-0.05, 0) is 0 Å². The van der Waals surface area contributed by atoms with Crippen LogP contribution in [0.15, 0.2) is 0 Å². The predicted octanol–water partition coefficient (Wildman–Crippen LogP) is -5.36. The van der Waals surface area contributed by atoms with E-state index in [9.17, 15) is 0 Å². The molecule has 0 nitrogen and oxygen atoms in total. The zero-order chi connectivity index (χ0) is 0. The summed E-state index contributed by atoms with van der Waals surface area (Å²) in [6, 6.07) is 0. The van der Waals surface area contributed by atoms with Gasteiger partial charge in [-0.2, -0.15) is 0 Å². The largest absolute Gasteiger partial charge is 1.00 e. The van der Waals surface area contributed by atoms with Gasteiger partial charge in [-0.3, -0.25) is 0 Å². The Kier molecular flexibility index (Phi) is 526. The Hall–Kier alpha value is 1.15. The van der Waals surface area contributed by atoms with Gasteiger partial charge in [0.1, 0.15) is 0 Å². The maximum absolute atomic E-state index is 0. The standard InChI is InChI=1S/CH4.2FH.Tb/h1H4;2*1H;/p-2. The second-order valence-corrected chi connectivity index (χ2v) is 0. The van der Waals surface area contributed by atoms with E-state index in [-0.39, 0.29) is 55.4 Å². The minimum atomic E-state index is 0. The minimum Gasteiger partial charge on any atom is -1.00 e. The molecule has 0 aliphatic heterocycles. The van der Waals surface area contributed by atoms with E-state index in [4.69, 9.17) is 0 Å². The molecule has 0 aliphatic rings. The molecule has 0 aliphatic carbocycles. The van der Waals surface area contributed by atoms with E-state index >= 15 is 0 Å². The summed E-state index contributed by atoms with van der Waals surface area (Å²) in [5.74, 6) is 0. The summed E-state index contributed by atoms with van der Waals surface area (Å²) in [5.41, 5.74) is 0. The molecule has 0 fully saturated rings. The van der Waals surface area contributed by atoms with Crippen LogP contribution in [0, 0.1) is 38.6 Å². The molecule has 4 heavy (non-hydrogen) atoms. The maximum atomic E-state index is 0. The fourth-order valence-electron chi connectivity index (χ4n) is 0. The molecule has 0 unspecified atom stereocenters. The van der Waals surface area contributed by atoms with Crippen LogP contribution in [0.1, 0.15) is 7.43 Å². The van der Waals surface area contributed by atoms with Gasteiger partial charge < -0.3 is 9.41 Å². The van der Waals surface area contributed by atoms with E-state index in [1.165, 1.54) is 0 Å². The summed E-state index contributed by atoms with van der Waals surface area (Å²) in [4.78, 5) is 0. The van der Waals surface area contributed by atoms with Crippen molar-refractivity contribution in [3.05, 3.63) is 0 Å². The topological polar surface area (TPSA) is 0 Å². The van der Waals surface area contributed by atoms with Gasteiger partial charge in [-0.25, -0.2) is 0 Å². The monoisotopic (exact) mass is 213 g/mol. The van der Waals surface area contributed by atoms with Gasteiger partial charge >= 0.3 is 0 Å². The minimum absolute atomic E-state index is 0. The van der Waals surface area contributed by atoms with Crippen LogP contribution in [0.4, 0.5) is 0 Å². The molecule has 0 bridgehead atoms. The van der Waals surface area contributed by atoms with Gasteiger partial charge in [0.2, 0.25) is 0 Å². The Bertz CT molecular complexity index is 6.00. The van der Waals surface area contributed by atoms with E-state index in [0.717, 1.165) is 0 Å². The van der Waals surface area contributed by atoms with E-state index in [0.29, 0.717) is 0 Å². The molecule has 0 spiro atoms. The molecule has 0 N–H and O–H groups in total. The zero-order valence-corrected chi connectivity index (χ0v) is 3.23. The molecule has 33 valence electrons. The Morgan fingerprint density at radius 3 is 0.750 bits per heavy atom. The molecule has 3 heteroatoms. The Balaban J connectivity index is 0. The summed E-state index contributed by atoms with van der Waals surface area (Å²) >= 11 is 0. The van der Waals surface area contributed by atoms with Crippen molar-refractivity contribution in [2.24, 2.45) is 0 Å². The van der Waals surface area contributed by atoms with Gasteiger partial charge in [0.05, 0.1) is 0 Å². The van der Waals surface area contributed by atoms with E-state index in [1.807, 2.05) is 0 Å². The van der Waals surface area contributed by atoms with Crippen LogP contribution >= 0.6 is 0 Å². The van der Waals surface area contributed by atoms with Crippen LogP contribution < -0.4 is 9.41 Å². The van der Waals surface area contributed by atoms with Crippen LogP contribution in [0.5, 0.6) is 0 Å². The van der Waals surface area contributed by atoms with Gasteiger partial charge in [-0.15, -0.1) is 0 Å². The van der Waals surface area contributed by atoms with Crippen molar-refractivity contribution < 1.29 is 48.0 Å². The van der Waals surface area contributed by atoms with Crippen molar-refractivity contribution in [2.45, 2.75) is 7.43 Å². The van der Waals surface area contributed by atoms with Crippen molar-refractivity contribution in [1.82, 2.24) is 0 Å². The Labute approximate surface area is 55.1 Å². The smallest absolute Gasteiger partial charge is 0 e. The first-order valence-electron chi connectivity index (χ1n) is 0. The molecule has 0 heterocycles. The molecular weight excluding hydrogens is 209 g/mol. The first-order valence-corrected chi connectivity index (χ1v) is 0. The van der Waals surface area contributed by atoms with Crippen molar-refractivity contribution >= 4 is 0 Å². The molecule has 0 aromatic carbocycles. The van der Waals surface area contributed by atoms with Crippen LogP contribution in [0.25, 0.3) is 0 Å². The Morgan fingerprint density at radius 1 is 0.750 bits per heavy atom. The summed E-state index contributed by atoms with van der Waals surface area (Å²) in [6.45, 7) is 0. The summed E-state index contributed by atoms with van der Waals surface area (Å²) in [7, 11) is 0.